The molecule has 1 unspecified atom stereocenters. The Morgan fingerprint density at radius 2 is 2.27 bits per heavy atom. The van der Waals surface area contributed by atoms with Crippen LogP contribution >= 0.6 is 0 Å². The summed E-state index contributed by atoms with van der Waals surface area (Å²) in [6.07, 6.45) is 1.59. The van der Waals surface area contributed by atoms with Crippen molar-refractivity contribution in [1.29, 1.82) is 0 Å². The van der Waals surface area contributed by atoms with Gasteiger partial charge in [-0.05, 0) is 6.92 Å². The molecule has 0 rings (SSSR count). The average Bonchev–Trinajstić information content (AvgIpc) is 2.04. The average molecular weight is 160 g/mol. The van der Waals surface area contributed by atoms with Crippen molar-refractivity contribution in [3.8, 4) is 0 Å². The molecule has 0 aromatic heterocycles. The third-order valence-corrected chi connectivity index (χ3v) is 1.12. The molecule has 11 heavy (non-hydrogen) atoms. The van der Waals surface area contributed by atoms with Crippen LogP contribution in [-0.2, 0) is 9.47 Å². The molecule has 1 atom stereocenters. The zero-order valence-corrected chi connectivity index (χ0v) is 6.95. The second-order valence-corrected chi connectivity index (χ2v) is 2.23. The van der Waals surface area contributed by atoms with Crippen LogP contribution in [0.2, 0.25) is 0 Å². The van der Waals surface area contributed by atoms with Crippen LogP contribution < -0.4 is 0 Å². The minimum absolute atomic E-state index is 0.0570. The van der Waals surface area contributed by atoms with Crippen molar-refractivity contribution in [2.45, 2.75) is 13.0 Å². The van der Waals surface area contributed by atoms with E-state index in [-0.39, 0.29) is 12.7 Å². The summed E-state index contributed by atoms with van der Waals surface area (Å²) in [6, 6.07) is 0. The molecule has 0 fully saturated rings. The molecule has 0 heterocycles. The molecule has 0 aliphatic carbocycles. The van der Waals surface area contributed by atoms with Gasteiger partial charge in [0.1, 0.15) is 0 Å². The molecule has 3 heteroatoms. The summed E-state index contributed by atoms with van der Waals surface area (Å²) in [5, 5.41) is 8.56. The van der Waals surface area contributed by atoms with E-state index in [9.17, 15) is 0 Å². The van der Waals surface area contributed by atoms with Crippen LogP contribution in [0, 0.1) is 0 Å². The van der Waals surface area contributed by atoms with Crippen molar-refractivity contribution < 1.29 is 14.6 Å². The van der Waals surface area contributed by atoms with Gasteiger partial charge in [0.05, 0.1) is 32.5 Å². The maximum atomic E-state index is 8.56. The predicted molar refractivity (Wildman–Crippen MR) is 43.5 cm³/mol. The number of hydrogen-bond donors (Lipinski definition) is 1. The number of ether oxygens (including phenoxy) is 2. The maximum absolute atomic E-state index is 8.56. The highest BCUT2D eigenvalue weighted by molar-refractivity contribution is 4.63. The standard InChI is InChI=1S/C8H16O3/c1-3-4-10-5-6-11-8(2)7-9/h3,8-9H,1,4-7H2,2H3. The molecule has 0 bridgehead atoms. The van der Waals surface area contributed by atoms with E-state index >= 15 is 0 Å². The zero-order valence-electron chi connectivity index (χ0n) is 6.95. The Kier molecular flexibility index (Phi) is 7.46. The van der Waals surface area contributed by atoms with E-state index in [4.69, 9.17) is 14.6 Å². The van der Waals surface area contributed by atoms with Gasteiger partial charge >= 0.3 is 0 Å². The quantitative estimate of drug-likeness (QED) is 0.437. The summed E-state index contributed by atoms with van der Waals surface area (Å²) in [6.45, 7) is 7.00. The van der Waals surface area contributed by atoms with Gasteiger partial charge in [0.15, 0.2) is 0 Å². The summed E-state index contributed by atoms with van der Waals surface area (Å²) in [4.78, 5) is 0. The molecule has 3 nitrogen and oxygen atoms in total. The van der Waals surface area contributed by atoms with Gasteiger partial charge in [0.2, 0.25) is 0 Å². The lowest BCUT2D eigenvalue weighted by Crippen LogP contribution is -2.16. The van der Waals surface area contributed by atoms with Gasteiger partial charge in [0, 0.05) is 0 Å². The van der Waals surface area contributed by atoms with E-state index < -0.39 is 0 Å². The van der Waals surface area contributed by atoms with Gasteiger partial charge in [-0.15, -0.1) is 6.58 Å². The SMILES string of the molecule is C=CCOCCOC(C)CO. The third kappa shape index (κ3) is 7.52. The highest BCUT2D eigenvalue weighted by Crippen LogP contribution is 1.87. The molecule has 0 amide bonds. The van der Waals surface area contributed by atoms with Crippen molar-refractivity contribution >= 4 is 0 Å². The predicted octanol–water partition coefficient (Wildman–Crippen LogP) is 0.586. The summed E-state index contributed by atoms with van der Waals surface area (Å²) in [5.74, 6) is 0. The molecular formula is C8H16O3. The van der Waals surface area contributed by atoms with Gasteiger partial charge in [-0.1, -0.05) is 6.08 Å². The molecule has 0 aromatic rings. The first-order chi connectivity index (χ1) is 5.31. The number of aliphatic hydroxyl groups excluding tert-OH is 1. The van der Waals surface area contributed by atoms with E-state index in [0.29, 0.717) is 19.8 Å². The van der Waals surface area contributed by atoms with Gasteiger partial charge in [0.25, 0.3) is 0 Å². The fraction of sp³-hybridized carbons (Fsp3) is 0.750. The van der Waals surface area contributed by atoms with Crippen LogP contribution in [0.25, 0.3) is 0 Å². The summed E-state index contributed by atoms with van der Waals surface area (Å²) < 4.78 is 10.2. The first kappa shape index (κ1) is 10.6. The van der Waals surface area contributed by atoms with E-state index in [0.717, 1.165) is 0 Å². The minimum Gasteiger partial charge on any atom is -0.394 e. The number of rotatable bonds is 7. The molecule has 66 valence electrons. The van der Waals surface area contributed by atoms with E-state index in [1.165, 1.54) is 0 Å². The fourth-order valence-electron chi connectivity index (χ4n) is 0.528. The van der Waals surface area contributed by atoms with Crippen molar-refractivity contribution in [1.82, 2.24) is 0 Å². The molecule has 0 aliphatic rings. The first-order valence-electron chi connectivity index (χ1n) is 3.72. The van der Waals surface area contributed by atoms with Gasteiger partial charge in [-0.2, -0.15) is 0 Å². The summed E-state index contributed by atoms with van der Waals surface area (Å²) in [7, 11) is 0. The van der Waals surface area contributed by atoms with Crippen LogP contribution in [-0.4, -0.2) is 37.6 Å². The molecule has 0 aliphatic heterocycles. The van der Waals surface area contributed by atoms with Gasteiger partial charge in [-0.3, -0.25) is 0 Å². The van der Waals surface area contributed by atoms with Gasteiger partial charge in [-0.25, -0.2) is 0 Å². The lowest BCUT2D eigenvalue weighted by Gasteiger charge is -2.08. The van der Waals surface area contributed by atoms with Crippen LogP contribution in [0.1, 0.15) is 6.92 Å². The topological polar surface area (TPSA) is 38.7 Å². The Morgan fingerprint density at radius 3 is 2.82 bits per heavy atom. The monoisotopic (exact) mass is 160 g/mol. The molecule has 1 N–H and O–H groups in total. The maximum Gasteiger partial charge on any atom is 0.0778 e. The molecule has 0 radical (unpaired) electrons. The Morgan fingerprint density at radius 1 is 1.55 bits per heavy atom. The van der Waals surface area contributed by atoms with Crippen LogP contribution in [0.5, 0.6) is 0 Å². The lowest BCUT2D eigenvalue weighted by atomic mass is 10.4. The Bertz CT molecular complexity index is 93.3. The van der Waals surface area contributed by atoms with E-state index in [1.807, 2.05) is 6.92 Å². The first-order valence-corrected chi connectivity index (χ1v) is 3.72. The number of hydrogen-bond acceptors (Lipinski definition) is 3. The van der Waals surface area contributed by atoms with Crippen molar-refractivity contribution in [2.24, 2.45) is 0 Å². The van der Waals surface area contributed by atoms with Crippen LogP contribution in [0.3, 0.4) is 0 Å². The largest absolute Gasteiger partial charge is 0.394 e. The summed E-state index contributed by atoms with van der Waals surface area (Å²) >= 11 is 0. The molecule has 0 saturated carbocycles. The van der Waals surface area contributed by atoms with E-state index in [2.05, 4.69) is 6.58 Å². The van der Waals surface area contributed by atoms with Crippen molar-refractivity contribution in [2.75, 3.05) is 26.4 Å². The molecular weight excluding hydrogens is 144 g/mol. The second kappa shape index (κ2) is 7.72. The Hall–Kier alpha value is -0.380. The zero-order chi connectivity index (χ0) is 8.53. The highest BCUT2D eigenvalue weighted by atomic mass is 16.5. The number of aliphatic hydroxyl groups is 1. The molecule has 0 saturated heterocycles. The van der Waals surface area contributed by atoms with Crippen molar-refractivity contribution in [3.05, 3.63) is 12.7 Å². The molecule has 0 aromatic carbocycles. The highest BCUT2D eigenvalue weighted by Gasteiger charge is 1.97. The fourth-order valence-corrected chi connectivity index (χ4v) is 0.528. The second-order valence-electron chi connectivity index (χ2n) is 2.23. The summed E-state index contributed by atoms with van der Waals surface area (Å²) in [5.41, 5.74) is 0. The lowest BCUT2D eigenvalue weighted by molar-refractivity contribution is -0.00595. The van der Waals surface area contributed by atoms with Gasteiger partial charge < -0.3 is 14.6 Å². The smallest absolute Gasteiger partial charge is 0.0778 e. The van der Waals surface area contributed by atoms with Crippen LogP contribution in [0.4, 0.5) is 0 Å². The van der Waals surface area contributed by atoms with Crippen LogP contribution in [0.15, 0.2) is 12.7 Å². The third-order valence-electron chi connectivity index (χ3n) is 1.12. The Balaban J connectivity index is 2.95. The Labute approximate surface area is 67.6 Å². The minimum atomic E-state index is -0.0951. The molecule has 0 spiro atoms. The normalized spacial score (nSPS) is 12.9. The van der Waals surface area contributed by atoms with Crippen molar-refractivity contribution in [3.63, 3.8) is 0 Å². The van der Waals surface area contributed by atoms with E-state index in [1.54, 1.807) is 6.08 Å².